The first-order valence-electron chi connectivity index (χ1n) is 11.1. The summed E-state index contributed by atoms with van der Waals surface area (Å²) in [5, 5.41) is 11.1. The lowest BCUT2D eigenvalue weighted by atomic mass is 9.94. The summed E-state index contributed by atoms with van der Waals surface area (Å²) in [6.07, 6.45) is 0. The number of rotatable bonds is 8. The molecule has 174 valence electrons. The minimum atomic E-state index is -1.14. The molecule has 0 saturated carbocycles. The molecule has 6 nitrogen and oxygen atoms in total. The maximum Gasteiger partial charge on any atom is 0.127 e. The Labute approximate surface area is 195 Å². The summed E-state index contributed by atoms with van der Waals surface area (Å²) in [5.41, 5.74) is 1.78. The van der Waals surface area contributed by atoms with E-state index >= 15 is 0 Å². The van der Waals surface area contributed by atoms with E-state index in [0.717, 1.165) is 46.2 Å². The topological polar surface area (TPSA) is 60.4 Å². The van der Waals surface area contributed by atoms with Crippen LogP contribution in [0.5, 0.6) is 23.0 Å². The van der Waals surface area contributed by atoms with Gasteiger partial charge in [-0.15, -0.1) is 0 Å². The lowest BCUT2D eigenvalue weighted by Crippen LogP contribution is -2.30. The van der Waals surface area contributed by atoms with Crippen LogP contribution in [-0.2, 0) is 18.7 Å². The van der Waals surface area contributed by atoms with Crippen LogP contribution in [0.2, 0.25) is 0 Å². The third kappa shape index (κ3) is 5.59. The molecule has 1 atom stereocenters. The summed E-state index contributed by atoms with van der Waals surface area (Å²) in [7, 11) is 3.32. The molecule has 3 aromatic carbocycles. The molecule has 0 spiro atoms. The van der Waals surface area contributed by atoms with E-state index in [1.165, 1.54) is 0 Å². The van der Waals surface area contributed by atoms with E-state index in [2.05, 4.69) is 4.90 Å². The molecule has 0 fully saturated rings. The molecule has 1 aliphatic heterocycles. The third-order valence-electron chi connectivity index (χ3n) is 5.89. The first-order chi connectivity index (χ1) is 16.0. The Bertz CT molecular complexity index is 1070. The zero-order valence-corrected chi connectivity index (χ0v) is 19.4. The summed E-state index contributed by atoms with van der Waals surface area (Å²) in [5.74, 6) is 3.15. The van der Waals surface area contributed by atoms with Gasteiger partial charge in [0.05, 0.1) is 14.2 Å². The van der Waals surface area contributed by atoms with Crippen molar-refractivity contribution in [2.75, 3.05) is 34.0 Å². The predicted octanol–water partition coefficient (Wildman–Crippen LogP) is 4.38. The highest BCUT2D eigenvalue weighted by Crippen LogP contribution is 2.32. The van der Waals surface area contributed by atoms with Gasteiger partial charge in [-0.1, -0.05) is 30.3 Å². The SMILES string of the molecule is COc1ccc(CN2CCOc3ccc([C@@](C)(O)COc4ccccc4)cc3C2)c(OC)c1. The van der Waals surface area contributed by atoms with Gasteiger partial charge in [-0.25, -0.2) is 0 Å². The van der Waals surface area contributed by atoms with Gasteiger partial charge < -0.3 is 24.1 Å². The molecule has 3 aromatic rings. The van der Waals surface area contributed by atoms with Gasteiger partial charge in [0.1, 0.15) is 41.8 Å². The van der Waals surface area contributed by atoms with E-state index in [1.54, 1.807) is 21.1 Å². The zero-order chi connectivity index (χ0) is 23.3. The highest BCUT2D eigenvalue weighted by Gasteiger charge is 2.27. The highest BCUT2D eigenvalue weighted by molar-refractivity contribution is 5.42. The number of methoxy groups -OCH3 is 2. The van der Waals surface area contributed by atoms with Crippen molar-refractivity contribution in [3.63, 3.8) is 0 Å². The van der Waals surface area contributed by atoms with Gasteiger partial charge in [0.2, 0.25) is 0 Å². The second-order valence-corrected chi connectivity index (χ2v) is 8.43. The van der Waals surface area contributed by atoms with Crippen LogP contribution in [0.3, 0.4) is 0 Å². The van der Waals surface area contributed by atoms with Crippen LogP contribution in [0, 0.1) is 0 Å². The van der Waals surface area contributed by atoms with E-state index in [4.69, 9.17) is 18.9 Å². The van der Waals surface area contributed by atoms with Crippen LogP contribution in [0.4, 0.5) is 0 Å². The van der Waals surface area contributed by atoms with Crippen molar-refractivity contribution in [1.82, 2.24) is 4.90 Å². The standard InChI is InChI=1S/C27H31NO5/c1-27(29,19-33-23-7-5-4-6-8-23)22-10-12-25-21(15-22)18-28(13-14-32-25)17-20-9-11-24(30-2)16-26(20)31-3/h4-12,15-16,29H,13-14,17-19H2,1-3H3/t27-/m0/s1. The fraction of sp³-hybridized carbons (Fsp3) is 0.333. The molecule has 0 saturated heterocycles. The lowest BCUT2D eigenvalue weighted by molar-refractivity contribution is 0.00748. The van der Waals surface area contributed by atoms with E-state index in [-0.39, 0.29) is 6.61 Å². The first-order valence-corrected chi connectivity index (χ1v) is 11.1. The third-order valence-corrected chi connectivity index (χ3v) is 5.89. The lowest BCUT2D eigenvalue weighted by Gasteiger charge is -2.26. The van der Waals surface area contributed by atoms with E-state index in [9.17, 15) is 5.11 Å². The second-order valence-electron chi connectivity index (χ2n) is 8.43. The molecule has 1 aliphatic rings. The van der Waals surface area contributed by atoms with Gasteiger partial charge in [0, 0.05) is 36.8 Å². The molecule has 0 bridgehead atoms. The van der Waals surface area contributed by atoms with E-state index in [0.29, 0.717) is 19.7 Å². The number of hydrogen-bond acceptors (Lipinski definition) is 6. The van der Waals surface area contributed by atoms with Crippen molar-refractivity contribution in [3.05, 3.63) is 83.4 Å². The maximum atomic E-state index is 11.1. The summed E-state index contributed by atoms with van der Waals surface area (Å²) in [6.45, 7) is 4.73. The van der Waals surface area contributed by atoms with E-state index < -0.39 is 5.60 Å². The second kappa shape index (κ2) is 10.1. The smallest absolute Gasteiger partial charge is 0.127 e. The van der Waals surface area contributed by atoms with Crippen molar-refractivity contribution in [2.24, 2.45) is 0 Å². The van der Waals surface area contributed by atoms with Crippen LogP contribution in [0.15, 0.2) is 66.7 Å². The van der Waals surface area contributed by atoms with Gasteiger partial charge in [-0.3, -0.25) is 4.90 Å². The van der Waals surface area contributed by atoms with Crippen LogP contribution in [0.25, 0.3) is 0 Å². The van der Waals surface area contributed by atoms with Crippen molar-refractivity contribution in [2.45, 2.75) is 25.6 Å². The molecule has 0 aromatic heterocycles. The van der Waals surface area contributed by atoms with Crippen molar-refractivity contribution >= 4 is 0 Å². The van der Waals surface area contributed by atoms with Gasteiger partial charge in [-0.05, 0) is 42.8 Å². The average Bonchev–Trinajstić information content (AvgIpc) is 3.05. The molecule has 1 heterocycles. The monoisotopic (exact) mass is 449 g/mol. The van der Waals surface area contributed by atoms with Crippen LogP contribution in [0.1, 0.15) is 23.6 Å². The number of benzene rings is 3. The molecular formula is C27H31NO5. The molecule has 0 amide bonds. The number of para-hydroxylation sites is 1. The number of hydrogen-bond donors (Lipinski definition) is 1. The average molecular weight is 450 g/mol. The molecule has 1 N–H and O–H groups in total. The molecule has 6 heteroatoms. The summed E-state index contributed by atoms with van der Waals surface area (Å²) >= 11 is 0. The zero-order valence-electron chi connectivity index (χ0n) is 19.4. The Morgan fingerprint density at radius 1 is 0.970 bits per heavy atom. The molecule has 33 heavy (non-hydrogen) atoms. The number of fused-ring (bicyclic) bond motifs is 1. The van der Waals surface area contributed by atoms with Gasteiger partial charge >= 0.3 is 0 Å². The fourth-order valence-electron chi connectivity index (χ4n) is 3.97. The van der Waals surface area contributed by atoms with Gasteiger partial charge in [0.25, 0.3) is 0 Å². The Morgan fingerprint density at radius 2 is 1.79 bits per heavy atom. The van der Waals surface area contributed by atoms with Crippen LogP contribution >= 0.6 is 0 Å². The maximum absolute atomic E-state index is 11.1. The van der Waals surface area contributed by atoms with Crippen molar-refractivity contribution < 1.29 is 24.1 Å². The van der Waals surface area contributed by atoms with Gasteiger partial charge in [0.15, 0.2) is 0 Å². The Hall–Kier alpha value is -3.22. The summed E-state index contributed by atoms with van der Waals surface area (Å²) < 4.78 is 22.7. The minimum Gasteiger partial charge on any atom is -0.497 e. The summed E-state index contributed by atoms with van der Waals surface area (Å²) in [4.78, 5) is 2.31. The number of aliphatic hydroxyl groups is 1. The Balaban J connectivity index is 1.50. The molecule has 0 aliphatic carbocycles. The van der Waals surface area contributed by atoms with Gasteiger partial charge in [-0.2, -0.15) is 0 Å². The molecule has 0 unspecified atom stereocenters. The normalized spacial score (nSPS) is 15.5. The molecule has 0 radical (unpaired) electrons. The minimum absolute atomic E-state index is 0.156. The largest absolute Gasteiger partial charge is 0.497 e. The Morgan fingerprint density at radius 3 is 2.55 bits per heavy atom. The van der Waals surface area contributed by atoms with E-state index in [1.807, 2.05) is 66.7 Å². The molecular weight excluding hydrogens is 418 g/mol. The quantitative estimate of drug-likeness (QED) is 0.551. The first kappa shape index (κ1) is 23.0. The predicted molar refractivity (Wildman–Crippen MR) is 127 cm³/mol. The number of nitrogens with zero attached hydrogens (tertiary/aromatic N) is 1. The van der Waals surface area contributed by atoms with Crippen molar-refractivity contribution in [3.8, 4) is 23.0 Å². The molecule has 4 rings (SSSR count). The van der Waals surface area contributed by atoms with Crippen LogP contribution < -0.4 is 18.9 Å². The van der Waals surface area contributed by atoms with Crippen molar-refractivity contribution in [1.29, 1.82) is 0 Å². The number of ether oxygens (including phenoxy) is 4. The highest BCUT2D eigenvalue weighted by atomic mass is 16.5. The summed E-state index contributed by atoms with van der Waals surface area (Å²) in [6, 6.07) is 21.3. The van der Waals surface area contributed by atoms with Crippen LogP contribution in [-0.4, -0.2) is 44.0 Å². The fourth-order valence-corrected chi connectivity index (χ4v) is 3.97. The Kier molecular flexibility index (Phi) is 7.06.